The van der Waals surface area contributed by atoms with Crippen LogP contribution in [0.25, 0.3) is 105 Å². The first-order chi connectivity index (χ1) is 36.7. The zero-order valence-electron chi connectivity index (χ0n) is 40.2. The van der Waals surface area contributed by atoms with Crippen LogP contribution >= 0.6 is 0 Å². The minimum absolute atomic E-state index is 0.612. The van der Waals surface area contributed by atoms with Gasteiger partial charge in [-0.3, -0.25) is 0 Å². The van der Waals surface area contributed by atoms with Crippen LogP contribution in [-0.2, 0) is 5.41 Å². The van der Waals surface area contributed by atoms with Crippen molar-refractivity contribution in [1.29, 1.82) is 0 Å². The van der Waals surface area contributed by atoms with E-state index < -0.39 is 5.41 Å². The fourth-order valence-electron chi connectivity index (χ4n) is 13.2. The lowest BCUT2D eigenvalue weighted by Crippen LogP contribution is -2.33. The number of nitrogens with zero attached hydrogens (tertiary/aromatic N) is 2. The molecular weight excluding hydrogens is 897 g/mol. The van der Waals surface area contributed by atoms with E-state index in [1.165, 1.54) is 88.3 Å². The number of fused-ring (bicyclic) bond motifs is 16. The van der Waals surface area contributed by atoms with Gasteiger partial charge in [-0.25, -0.2) is 0 Å². The largest absolute Gasteiger partial charge is 0.456 e. The van der Waals surface area contributed by atoms with Crippen LogP contribution in [0.15, 0.2) is 271 Å². The second-order valence-corrected chi connectivity index (χ2v) is 19.9. The van der Waals surface area contributed by atoms with Crippen molar-refractivity contribution in [3.63, 3.8) is 0 Å². The summed E-state index contributed by atoms with van der Waals surface area (Å²) in [5, 5.41) is 7.23. The van der Waals surface area contributed by atoms with E-state index in [-0.39, 0.29) is 0 Å². The minimum Gasteiger partial charge on any atom is -0.456 e. The van der Waals surface area contributed by atoms with Crippen molar-refractivity contribution in [1.82, 2.24) is 4.57 Å². The van der Waals surface area contributed by atoms with Crippen LogP contribution in [0.3, 0.4) is 0 Å². The molecule has 1 aliphatic carbocycles. The number of furan rings is 1. The van der Waals surface area contributed by atoms with E-state index in [2.05, 4.69) is 270 Å². The summed E-state index contributed by atoms with van der Waals surface area (Å²) < 4.78 is 8.84. The van der Waals surface area contributed by atoms with Gasteiger partial charge in [-0.1, -0.05) is 206 Å². The van der Waals surface area contributed by atoms with Crippen molar-refractivity contribution in [2.24, 2.45) is 0 Å². The molecule has 344 valence electrons. The molecule has 3 heteroatoms. The first-order valence-corrected chi connectivity index (χ1v) is 25.6. The van der Waals surface area contributed by atoms with Crippen molar-refractivity contribution in [2.75, 3.05) is 4.90 Å². The Balaban J connectivity index is 0.968. The molecule has 74 heavy (non-hydrogen) atoms. The molecule has 2 aliphatic rings. The Kier molecular flexibility index (Phi) is 8.66. The summed E-state index contributed by atoms with van der Waals surface area (Å²) in [5.74, 6) is 0. The molecule has 1 spiro atoms. The van der Waals surface area contributed by atoms with Gasteiger partial charge in [0.05, 0.1) is 27.8 Å². The maximum Gasteiger partial charge on any atom is 0.135 e. The molecule has 2 aromatic heterocycles. The second-order valence-electron chi connectivity index (χ2n) is 19.9. The molecule has 1 unspecified atom stereocenters. The predicted molar refractivity (Wildman–Crippen MR) is 307 cm³/mol. The standard InChI is InChI=1S/C71H44N2O/c1-2-22-50-45(18-1)19-16-29-51(50)52-23-3-4-24-53(52)56-26-6-11-34-65(56)72(48-21-15-20-46(42-48)47-38-41-69-60(43-47)58-28-8-14-37-68(58)74-69)49-39-40-55-54-25-5-9-31-61(54)71(64(55)44-49)62-32-10-13-36-67(62)73-66-35-12-7-27-57(66)59-30-17-33-63(71)70(59)73/h1-44H. The summed E-state index contributed by atoms with van der Waals surface area (Å²) >= 11 is 0. The molecule has 0 radical (unpaired) electrons. The van der Waals surface area contributed by atoms with E-state index in [4.69, 9.17) is 4.42 Å². The fourth-order valence-corrected chi connectivity index (χ4v) is 13.2. The van der Waals surface area contributed by atoms with E-state index in [1.54, 1.807) is 0 Å². The first-order valence-electron chi connectivity index (χ1n) is 25.6. The molecule has 16 rings (SSSR count). The lowest BCUT2D eigenvalue weighted by atomic mass is 9.65. The summed E-state index contributed by atoms with van der Waals surface area (Å²) in [7, 11) is 0. The molecule has 0 saturated carbocycles. The van der Waals surface area contributed by atoms with Gasteiger partial charge in [0.25, 0.3) is 0 Å². The third-order valence-corrected chi connectivity index (χ3v) is 16.2. The predicted octanol–water partition coefficient (Wildman–Crippen LogP) is 19.0. The third-order valence-electron chi connectivity index (χ3n) is 16.2. The molecule has 0 saturated heterocycles. The van der Waals surface area contributed by atoms with Crippen LogP contribution in [0.2, 0.25) is 0 Å². The average Bonchev–Trinajstić information content (AvgIpc) is 4.14. The zero-order valence-corrected chi connectivity index (χ0v) is 40.2. The van der Waals surface area contributed by atoms with E-state index >= 15 is 0 Å². The van der Waals surface area contributed by atoms with E-state index in [1.807, 2.05) is 6.07 Å². The highest BCUT2D eigenvalue weighted by atomic mass is 16.3. The van der Waals surface area contributed by atoms with Gasteiger partial charge in [-0.2, -0.15) is 0 Å². The molecule has 1 aliphatic heterocycles. The van der Waals surface area contributed by atoms with Gasteiger partial charge in [0.2, 0.25) is 0 Å². The first kappa shape index (κ1) is 41.0. The van der Waals surface area contributed by atoms with E-state index in [9.17, 15) is 0 Å². The number of anilines is 3. The Morgan fingerprint density at radius 2 is 0.919 bits per heavy atom. The van der Waals surface area contributed by atoms with E-state index in [0.717, 1.165) is 55.7 Å². The van der Waals surface area contributed by atoms with Crippen molar-refractivity contribution in [3.05, 3.63) is 289 Å². The minimum atomic E-state index is -0.612. The van der Waals surface area contributed by atoms with Crippen molar-refractivity contribution >= 4 is 71.6 Å². The number of hydrogen-bond acceptors (Lipinski definition) is 2. The highest BCUT2D eigenvalue weighted by Gasteiger charge is 2.51. The molecule has 0 fully saturated rings. The van der Waals surface area contributed by atoms with Crippen molar-refractivity contribution < 1.29 is 4.42 Å². The van der Waals surface area contributed by atoms with Crippen LogP contribution in [0.4, 0.5) is 17.1 Å². The van der Waals surface area contributed by atoms with Crippen molar-refractivity contribution in [2.45, 2.75) is 5.41 Å². The molecule has 1 atom stereocenters. The summed E-state index contributed by atoms with van der Waals surface area (Å²) in [4.78, 5) is 2.51. The van der Waals surface area contributed by atoms with Crippen LogP contribution in [-0.4, -0.2) is 4.57 Å². The Labute approximate surface area is 428 Å². The Morgan fingerprint density at radius 1 is 0.324 bits per heavy atom. The summed E-state index contributed by atoms with van der Waals surface area (Å²) in [6, 6.07) is 98.7. The summed E-state index contributed by atoms with van der Waals surface area (Å²) in [5.41, 5.74) is 22.8. The number of aromatic nitrogens is 1. The number of rotatable bonds is 6. The SMILES string of the molecule is c1cc(-c2ccc3oc4ccccc4c3c2)cc(N(c2ccc3c(c2)C2(c4ccccc4-3)c3ccccc3-n3c4ccccc4c4cccc2c43)c2ccccc2-c2ccccc2-c2cccc3ccccc23)c1. The Hall–Kier alpha value is -9.70. The third kappa shape index (κ3) is 5.66. The van der Waals surface area contributed by atoms with Gasteiger partial charge in [-0.15, -0.1) is 0 Å². The summed E-state index contributed by atoms with van der Waals surface area (Å²) in [6.07, 6.45) is 0. The number of hydrogen-bond donors (Lipinski definition) is 0. The maximum absolute atomic E-state index is 6.31. The van der Waals surface area contributed by atoms with Crippen LogP contribution in [0, 0.1) is 0 Å². The molecule has 14 aromatic rings. The fraction of sp³-hybridized carbons (Fsp3) is 0.0141. The van der Waals surface area contributed by atoms with Gasteiger partial charge >= 0.3 is 0 Å². The maximum atomic E-state index is 6.31. The average molecular weight is 941 g/mol. The van der Waals surface area contributed by atoms with Gasteiger partial charge in [0.15, 0.2) is 0 Å². The van der Waals surface area contributed by atoms with Crippen LogP contribution in [0.5, 0.6) is 0 Å². The van der Waals surface area contributed by atoms with Gasteiger partial charge in [0, 0.05) is 38.5 Å². The molecule has 3 heterocycles. The molecule has 0 N–H and O–H groups in total. The van der Waals surface area contributed by atoms with Gasteiger partial charge < -0.3 is 13.9 Å². The Morgan fingerprint density at radius 3 is 1.82 bits per heavy atom. The molecular formula is C71H44N2O. The van der Waals surface area contributed by atoms with Crippen LogP contribution < -0.4 is 4.90 Å². The van der Waals surface area contributed by atoms with Gasteiger partial charge in [-0.05, 0) is 133 Å². The van der Waals surface area contributed by atoms with Crippen LogP contribution in [0.1, 0.15) is 22.3 Å². The van der Waals surface area contributed by atoms with E-state index in [0.29, 0.717) is 0 Å². The number of para-hydroxylation sites is 5. The molecule has 0 amide bonds. The van der Waals surface area contributed by atoms with Crippen molar-refractivity contribution in [3.8, 4) is 50.2 Å². The number of benzene rings is 12. The lowest BCUT2D eigenvalue weighted by Gasteiger charge is -2.40. The Bertz CT molecular complexity index is 4640. The highest BCUT2D eigenvalue weighted by Crippen LogP contribution is 2.62. The van der Waals surface area contributed by atoms with Gasteiger partial charge in [0.1, 0.15) is 11.2 Å². The lowest BCUT2D eigenvalue weighted by molar-refractivity contribution is 0.669. The monoisotopic (exact) mass is 940 g/mol. The normalized spacial score (nSPS) is 14.3. The quantitative estimate of drug-likeness (QED) is 0.166. The highest BCUT2D eigenvalue weighted by molar-refractivity contribution is 6.13. The second kappa shape index (κ2) is 15.6. The summed E-state index contributed by atoms with van der Waals surface area (Å²) in [6.45, 7) is 0. The molecule has 3 nitrogen and oxygen atoms in total. The zero-order chi connectivity index (χ0) is 48.5. The smallest absolute Gasteiger partial charge is 0.135 e. The topological polar surface area (TPSA) is 21.3 Å². The molecule has 12 aromatic carbocycles. The molecule has 0 bridgehead atoms.